The molecule has 5 rings (SSSR count). The van der Waals surface area contributed by atoms with E-state index in [9.17, 15) is 14.3 Å². The number of halogens is 1. The number of carbonyl (C=O) groups is 1. The van der Waals surface area contributed by atoms with Crippen LogP contribution in [0.4, 0.5) is 4.39 Å². The summed E-state index contributed by atoms with van der Waals surface area (Å²) >= 11 is 0. The van der Waals surface area contributed by atoms with Gasteiger partial charge in [0.1, 0.15) is 0 Å². The summed E-state index contributed by atoms with van der Waals surface area (Å²) < 4.78 is 16.3. The molecule has 0 spiro atoms. The van der Waals surface area contributed by atoms with Gasteiger partial charge in [0, 0.05) is 48.1 Å². The number of aromatic amines is 1. The molecule has 4 heterocycles. The SMILES string of the molecule is CCc1c(-c2cc(F)c3nccn3c2)[nH]c2ccc(C3CCN(C(=O)CC(C)(C)O)CC3)cc12. The van der Waals surface area contributed by atoms with Gasteiger partial charge in [-0.3, -0.25) is 4.79 Å². The van der Waals surface area contributed by atoms with Gasteiger partial charge < -0.3 is 19.4 Å². The molecule has 178 valence electrons. The van der Waals surface area contributed by atoms with Crippen LogP contribution >= 0.6 is 0 Å². The van der Waals surface area contributed by atoms with E-state index in [1.54, 1.807) is 36.7 Å². The second kappa shape index (κ2) is 8.55. The number of fused-ring (bicyclic) bond motifs is 2. The molecule has 0 atom stereocenters. The number of amides is 1. The maximum absolute atomic E-state index is 14.6. The largest absolute Gasteiger partial charge is 0.390 e. The van der Waals surface area contributed by atoms with E-state index in [1.165, 1.54) is 16.5 Å². The Morgan fingerprint density at radius 3 is 2.74 bits per heavy atom. The summed E-state index contributed by atoms with van der Waals surface area (Å²) in [5, 5.41) is 11.1. The summed E-state index contributed by atoms with van der Waals surface area (Å²) in [6, 6.07) is 8.10. The molecule has 4 aromatic rings. The maximum atomic E-state index is 14.6. The van der Waals surface area contributed by atoms with Gasteiger partial charge >= 0.3 is 0 Å². The minimum Gasteiger partial charge on any atom is -0.390 e. The minimum atomic E-state index is -0.979. The Morgan fingerprint density at radius 2 is 2.03 bits per heavy atom. The van der Waals surface area contributed by atoms with Gasteiger partial charge in [0.05, 0.1) is 17.7 Å². The highest BCUT2D eigenvalue weighted by Crippen LogP contribution is 2.36. The average molecular weight is 463 g/mol. The molecule has 6 nitrogen and oxygen atoms in total. The zero-order valence-electron chi connectivity index (χ0n) is 19.9. The van der Waals surface area contributed by atoms with Crippen LogP contribution in [0, 0.1) is 5.82 Å². The number of nitrogens with one attached hydrogen (secondary N) is 1. The van der Waals surface area contributed by atoms with E-state index in [4.69, 9.17) is 0 Å². The van der Waals surface area contributed by atoms with Gasteiger partial charge in [0.15, 0.2) is 11.5 Å². The van der Waals surface area contributed by atoms with Crippen LogP contribution in [0.15, 0.2) is 42.9 Å². The Bertz CT molecular complexity index is 1360. The van der Waals surface area contributed by atoms with Crippen LogP contribution in [-0.2, 0) is 11.2 Å². The number of likely N-dealkylation sites (tertiary alicyclic amines) is 1. The molecule has 1 aliphatic heterocycles. The van der Waals surface area contributed by atoms with Gasteiger partial charge in [0.25, 0.3) is 0 Å². The second-order valence-corrected chi connectivity index (χ2v) is 10.0. The molecule has 1 saturated heterocycles. The number of H-pyrrole nitrogens is 1. The third-order valence-corrected chi connectivity index (χ3v) is 6.92. The highest BCUT2D eigenvalue weighted by molar-refractivity contribution is 5.91. The molecule has 2 N–H and O–H groups in total. The summed E-state index contributed by atoms with van der Waals surface area (Å²) in [7, 11) is 0. The van der Waals surface area contributed by atoms with Crippen LogP contribution in [0.3, 0.4) is 0 Å². The van der Waals surface area contributed by atoms with Crippen LogP contribution in [0.5, 0.6) is 0 Å². The fourth-order valence-corrected chi connectivity index (χ4v) is 5.20. The standard InChI is InChI=1S/C27H31FN4O2/c1-4-20-21-13-18(17-7-10-31(11-8-17)24(33)15-27(2,3)34)5-6-23(21)30-25(20)19-14-22(28)26-29-9-12-32(26)16-19/h5-6,9,12-14,16-17,30,34H,4,7-8,10-11,15H2,1-3H3. The van der Waals surface area contributed by atoms with E-state index in [-0.39, 0.29) is 18.1 Å². The van der Waals surface area contributed by atoms with Crippen molar-refractivity contribution in [2.45, 2.75) is 58.0 Å². The van der Waals surface area contributed by atoms with Crippen molar-refractivity contribution in [2.75, 3.05) is 13.1 Å². The van der Waals surface area contributed by atoms with Crippen LogP contribution in [-0.4, -0.2) is 49.0 Å². The quantitative estimate of drug-likeness (QED) is 0.436. The number of nitrogens with zero attached hydrogens (tertiary/aromatic N) is 3. The molecule has 1 aromatic carbocycles. The summed E-state index contributed by atoms with van der Waals surface area (Å²) in [5.41, 5.74) is 4.58. The molecule has 34 heavy (non-hydrogen) atoms. The van der Waals surface area contributed by atoms with Gasteiger partial charge in [-0.05, 0) is 68.4 Å². The number of aryl methyl sites for hydroxylation is 1. The first kappa shape index (κ1) is 22.6. The van der Waals surface area contributed by atoms with E-state index in [0.29, 0.717) is 24.7 Å². The Morgan fingerprint density at radius 1 is 1.26 bits per heavy atom. The third kappa shape index (κ3) is 4.20. The first-order valence-corrected chi connectivity index (χ1v) is 12.0. The molecule has 0 bridgehead atoms. The van der Waals surface area contributed by atoms with Crippen molar-refractivity contribution in [3.63, 3.8) is 0 Å². The lowest BCUT2D eigenvalue weighted by Crippen LogP contribution is -2.41. The molecular weight excluding hydrogens is 431 g/mol. The molecule has 0 saturated carbocycles. The van der Waals surface area contributed by atoms with Crippen molar-refractivity contribution in [3.8, 4) is 11.3 Å². The van der Waals surface area contributed by atoms with Gasteiger partial charge in [-0.1, -0.05) is 13.0 Å². The Kier molecular flexibility index (Phi) is 5.68. The van der Waals surface area contributed by atoms with Gasteiger partial charge in [0.2, 0.25) is 5.91 Å². The predicted molar refractivity (Wildman–Crippen MR) is 131 cm³/mol. The molecule has 3 aromatic heterocycles. The number of hydrogen-bond donors (Lipinski definition) is 2. The van der Waals surface area contributed by atoms with Crippen LogP contribution in [0.2, 0.25) is 0 Å². The lowest BCUT2D eigenvalue weighted by atomic mass is 9.88. The number of hydrogen-bond acceptors (Lipinski definition) is 3. The van der Waals surface area contributed by atoms with Crippen LogP contribution in [0.1, 0.15) is 57.1 Å². The topological polar surface area (TPSA) is 73.6 Å². The van der Waals surface area contributed by atoms with E-state index in [2.05, 4.69) is 35.1 Å². The minimum absolute atomic E-state index is 0.0204. The van der Waals surface area contributed by atoms with Crippen LogP contribution in [0.25, 0.3) is 27.8 Å². The van der Waals surface area contributed by atoms with Gasteiger partial charge in [-0.25, -0.2) is 9.37 Å². The summed E-state index contributed by atoms with van der Waals surface area (Å²) in [4.78, 5) is 21.9. The van der Waals surface area contributed by atoms with Crippen molar-refractivity contribution in [3.05, 3.63) is 59.8 Å². The maximum Gasteiger partial charge on any atom is 0.225 e. The first-order chi connectivity index (χ1) is 16.2. The molecular formula is C27H31FN4O2. The molecule has 1 amide bonds. The van der Waals surface area contributed by atoms with Crippen molar-refractivity contribution in [2.24, 2.45) is 0 Å². The molecule has 0 radical (unpaired) electrons. The lowest BCUT2D eigenvalue weighted by molar-refractivity contribution is -0.136. The van der Waals surface area contributed by atoms with Crippen molar-refractivity contribution >= 4 is 22.5 Å². The predicted octanol–water partition coefficient (Wildman–Crippen LogP) is 5.05. The van der Waals surface area contributed by atoms with E-state index in [0.717, 1.165) is 36.0 Å². The molecule has 0 aliphatic carbocycles. The molecule has 1 aliphatic rings. The molecule has 0 unspecified atom stereocenters. The number of piperidine rings is 1. The number of carbonyl (C=O) groups excluding carboxylic acids is 1. The highest BCUT2D eigenvalue weighted by atomic mass is 19.1. The number of aliphatic hydroxyl groups is 1. The van der Waals surface area contributed by atoms with E-state index in [1.807, 2.05) is 11.1 Å². The Labute approximate surface area is 198 Å². The fourth-order valence-electron chi connectivity index (χ4n) is 5.20. The highest BCUT2D eigenvalue weighted by Gasteiger charge is 2.27. The zero-order chi connectivity index (χ0) is 24.0. The number of pyridine rings is 1. The van der Waals surface area contributed by atoms with Crippen molar-refractivity contribution in [1.29, 1.82) is 0 Å². The zero-order valence-corrected chi connectivity index (χ0v) is 19.9. The second-order valence-electron chi connectivity index (χ2n) is 10.0. The van der Waals surface area contributed by atoms with Crippen LogP contribution < -0.4 is 0 Å². The lowest BCUT2D eigenvalue weighted by Gasteiger charge is -2.33. The number of rotatable bonds is 5. The van der Waals surface area contributed by atoms with Gasteiger partial charge in [-0.2, -0.15) is 0 Å². The smallest absolute Gasteiger partial charge is 0.225 e. The van der Waals surface area contributed by atoms with E-state index >= 15 is 0 Å². The normalized spacial score (nSPS) is 15.5. The summed E-state index contributed by atoms with van der Waals surface area (Å²) in [6.45, 7) is 6.88. The van der Waals surface area contributed by atoms with Crippen molar-refractivity contribution < 1.29 is 14.3 Å². The van der Waals surface area contributed by atoms with Crippen molar-refractivity contribution in [1.82, 2.24) is 19.3 Å². The number of imidazole rings is 1. The summed E-state index contributed by atoms with van der Waals surface area (Å²) in [6.07, 6.45) is 8.07. The fraction of sp³-hybridized carbons (Fsp3) is 0.407. The monoisotopic (exact) mass is 462 g/mol. The average Bonchev–Trinajstić information content (AvgIpc) is 3.42. The third-order valence-electron chi connectivity index (χ3n) is 6.92. The Hall–Kier alpha value is -3.19. The number of benzene rings is 1. The summed E-state index contributed by atoms with van der Waals surface area (Å²) in [5.74, 6) is 0.0696. The first-order valence-electron chi connectivity index (χ1n) is 12.0. The van der Waals surface area contributed by atoms with Gasteiger partial charge in [-0.15, -0.1) is 0 Å². The molecule has 7 heteroatoms. The van der Waals surface area contributed by atoms with E-state index < -0.39 is 5.60 Å². The number of aromatic nitrogens is 3. The Balaban J connectivity index is 1.41. The molecule has 1 fully saturated rings.